The van der Waals surface area contributed by atoms with E-state index >= 15 is 0 Å². The molecule has 0 unspecified atom stereocenters. The maximum Gasteiger partial charge on any atom is 0.0695 e. The Kier molecular flexibility index (Phi) is 5.62. The van der Waals surface area contributed by atoms with E-state index in [0.717, 1.165) is 11.3 Å². The average Bonchev–Trinajstić information content (AvgIpc) is 2.20. The molecule has 1 heteroatoms. The van der Waals surface area contributed by atoms with Crippen molar-refractivity contribution in [3.05, 3.63) is 42.7 Å². The van der Waals surface area contributed by atoms with Gasteiger partial charge in [0.15, 0.2) is 0 Å². The summed E-state index contributed by atoms with van der Waals surface area (Å²) in [6.45, 7) is 11.3. The molecule has 0 atom stereocenters. The molecule has 0 amide bonds. The number of hydrogen-bond acceptors (Lipinski definition) is 1. The van der Waals surface area contributed by atoms with E-state index in [4.69, 9.17) is 0 Å². The van der Waals surface area contributed by atoms with Gasteiger partial charge in [-0.15, -0.1) is 0 Å². The molecule has 0 bridgehead atoms. The number of aromatic nitrogens is 1. The molecule has 0 aliphatic carbocycles. The molecule has 12 heavy (non-hydrogen) atoms. The Labute approximate surface area is 74.5 Å². The maximum atomic E-state index is 4.08. The fourth-order valence-corrected chi connectivity index (χ4v) is 0.773. The third kappa shape index (κ3) is 2.70. The minimum atomic E-state index is 0.887. The van der Waals surface area contributed by atoms with Gasteiger partial charge in [-0.1, -0.05) is 39.1 Å². The van der Waals surface area contributed by atoms with Crippen LogP contribution in [-0.4, -0.2) is 4.98 Å². The van der Waals surface area contributed by atoms with Gasteiger partial charge in [0.25, 0.3) is 0 Å². The summed E-state index contributed by atoms with van der Waals surface area (Å²) in [7, 11) is 0. The van der Waals surface area contributed by atoms with Crippen molar-refractivity contribution >= 4 is 12.2 Å². The van der Waals surface area contributed by atoms with Gasteiger partial charge in [-0.3, -0.25) is 4.98 Å². The second-order valence-corrected chi connectivity index (χ2v) is 1.89. The topological polar surface area (TPSA) is 12.9 Å². The highest BCUT2D eigenvalue weighted by atomic mass is 14.7. The highest BCUT2D eigenvalue weighted by Crippen LogP contribution is 2.06. The van der Waals surface area contributed by atoms with Gasteiger partial charge >= 0.3 is 0 Å². The van der Waals surface area contributed by atoms with Gasteiger partial charge < -0.3 is 0 Å². The third-order valence-electron chi connectivity index (χ3n) is 1.28. The first kappa shape index (κ1) is 10.6. The molecular weight excluding hydrogens is 146 g/mol. The van der Waals surface area contributed by atoms with Crippen molar-refractivity contribution in [3.8, 4) is 0 Å². The first-order valence-electron chi connectivity index (χ1n) is 4.08. The Morgan fingerprint density at radius 1 is 1.25 bits per heavy atom. The molecule has 0 aromatic carbocycles. The number of nitrogens with zero attached hydrogens (tertiary/aromatic N) is 1. The molecule has 0 radical (unpaired) electrons. The van der Waals surface area contributed by atoms with Crippen LogP contribution in [0.5, 0.6) is 0 Å². The third-order valence-corrected chi connectivity index (χ3v) is 1.28. The van der Waals surface area contributed by atoms with Crippen LogP contribution in [0, 0.1) is 0 Å². The van der Waals surface area contributed by atoms with Crippen LogP contribution in [0.3, 0.4) is 0 Å². The molecule has 0 spiro atoms. The summed E-state index contributed by atoms with van der Waals surface area (Å²) in [4.78, 5) is 4.08. The zero-order chi connectivity index (χ0) is 9.40. The van der Waals surface area contributed by atoms with E-state index in [1.165, 1.54) is 0 Å². The van der Waals surface area contributed by atoms with Gasteiger partial charge in [0.1, 0.15) is 0 Å². The Bertz CT molecular complexity index is 224. The zero-order valence-corrected chi connectivity index (χ0v) is 7.75. The average molecular weight is 161 g/mol. The molecular formula is C11H15N. The summed E-state index contributed by atoms with van der Waals surface area (Å²) in [5, 5.41) is 0. The van der Waals surface area contributed by atoms with Crippen LogP contribution in [0.1, 0.15) is 25.1 Å². The Balaban J connectivity index is 0.000000561. The molecule has 0 N–H and O–H groups in total. The summed E-state index contributed by atoms with van der Waals surface area (Å²) >= 11 is 0. The smallest absolute Gasteiger partial charge is 0.0695 e. The molecule has 0 aliphatic rings. The van der Waals surface area contributed by atoms with Crippen LogP contribution in [0.4, 0.5) is 0 Å². The Morgan fingerprint density at radius 3 is 2.33 bits per heavy atom. The van der Waals surface area contributed by atoms with Gasteiger partial charge in [-0.05, 0) is 17.7 Å². The fourth-order valence-electron chi connectivity index (χ4n) is 0.773. The summed E-state index contributed by atoms with van der Waals surface area (Å²) in [6.07, 6.45) is 5.23. The van der Waals surface area contributed by atoms with Gasteiger partial charge in [0, 0.05) is 6.20 Å². The number of pyridine rings is 1. The van der Waals surface area contributed by atoms with Crippen LogP contribution < -0.4 is 0 Å². The summed E-state index contributed by atoms with van der Waals surface area (Å²) in [5.41, 5.74) is 1.91. The van der Waals surface area contributed by atoms with E-state index in [1.807, 2.05) is 26.0 Å². The highest BCUT2D eigenvalue weighted by Gasteiger charge is 1.91. The van der Waals surface area contributed by atoms with Gasteiger partial charge in [-0.25, -0.2) is 0 Å². The van der Waals surface area contributed by atoms with Crippen molar-refractivity contribution in [1.29, 1.82) is 0 Å². The molecule has 0 saturated heterocycles. The lowest BCUT2D eigenvalue weighted by Gasteiger charge is -1.95. The normalized spacial score (nSPS) is 7.83. The summed E-state index contributed by atoms with van der Waals surface area (Å²) in [6, 6.07) is 3.83. The quantitative estimate of drug-likeness (QED) is 0.647. The zero-order valence-electron chi connectivity index (χ0n) is 7.75. The van der Waals surface area contributed by atoms with Crippen molar-refractivity contribution in [2.75, 3.05) is 0 Å². The molecule has 1 heterocycles. The van der Waals surface area contributed by atoms with Gasteiger partial charge in [-0.2, -0.15) is 0 Å². The second-order valence-electron chi connectivity index (χ2n) is 1.89. The van der Waals surface area contributed by atoms with Gasteiger partial charge in [0.05, 0.1) is 5.69 Å². The predicted molar refractivity (Wildman–Crippen MR) is 55.8 cm³/mol. The van der Waals surface area contributed by atoms with Gasteiger partial charge in [0.2, 0.25) is 0 Å². The van der Waals surface area contributed by atoms with Crippen molar-refractivity contribution < 1.29 is 0 Å². The largest absolute Gasteiger partial charge is 0.256 e. The Hall–Kier alpha value is -1.37. The van der Waals surface area contributed by atoms with Crippen LogP contribution in [0.2, 0.25) is 0 Å². The monoisotopic (exact) mass is 161 g/mol. The van der Waals surface area contributed by atoms with Crippen LogP contribution in [0.25, 0.3) is 12.2 Å². The molecule has 0 fully saturated rings. The summed E-state index contributed by atoms with van der Waals surface area (Å²) in [5.74, 6) is 0. The van der Waals surface area contributed by atoms with E-state index in [9.17, 15) is 0 Å². The van der Waals surface area contributed by atoms with Crippen LogP contribution >= 0.6 is 0 Å². The maximum absolute atomic E-state index is 4.08. The molecule has 0 aliphatic heterocycles. The number of rotatable bonds is 2. The van der Waals surface area contributed by atoms with E-state index in [1.54, 1.807) is 18.3 Å². The molecule has 1 nitrogen and oxygen atoms in total. The van der Waals surface area contributed by atoms with E-state index < -0.39 is 0 Å². The number of hydrogen-bond donors (Lipinski definition) is 0. The first-order chi connectivity index (χ1) is 5.88. The first-order valence-corrected chi connectivity index (χ1v) is 4.08. The molecule has 1 aromatic rings. The van der Waals surface area contributed by atoms with Crippen molar-refractivity contribution in [1.82, 2.24) is 4.98 Å². The molecule has 0 saturated carbocycles. The van der Waals surface area contributed by atoms with Crippen molar-refractivity contribution in [2.24, 2.45) is 0 Å². The SMILES string of the molecule is C=Cc1cccnc1C=C.CC. The lowest BCUT2D eigenvalue weighted by molar-refractivity contribution is 1.28. The van der Waals surface area contributed by atoms with E-state index in [-0.39, 0.29) is 0 Å². The van der Waals surface area contributed by atoms with Crippen molar-refractivity contribution in [2.45, 2.75) is 13.8 Å². The standard InChI is InChI=1S/C9H9N.C2H6/c1-3-8-6-5-7-10-9(8)4-2;1-2/h3-7H,1-2H2;1-2H3. The van der Waals surface area contributed by atoms with Crippen LogP contribution in [0.15, 0.2) is 31.5 Å². The second kappa shape index (κ2) is 6.35. The molecule has 64 valence electrons. The van der Waals surface area contributed by atoms with Crippen LogP contribution in [-0.2, 0) is 0 Å². The lowest BCUT2D eigenvalue weighted by atomic mass is 10.2. The summed E-state index contributed by atoms with van der Waals surface area (Å²) < 4.78 is 0. The minimum absolute atomic E-state index is 0.887. The predicted octanol–water partition coefficient (Wildman–Crippen LogP) is 3.39. The lowest BCUT2D eigenvalue weighted by Crippen LogP contribution is -1.82. The van der Waals surface area contributed by atoms with E-state index in [2.05, 4.69) is 18.1 Å². The molecule has 1 aromatic heterocycles. The van der Waals surface area contributed by atoms with Crippen molar-refractivity contribution in [3.63, 3.8) is 0 Å². The Morgan fingerprint density at radius 2 is 1.92 bits per heavy atom. The highest BCUT2D eigenvalue weighted by molar-refractivity contribution is 5.59. The fraction of sp³-hybridized carbons (Fsp3) is 0.182. The van der Waals surface area contributed by atoms with E-state index in [0.29, 0.717) is 0 Å². The molecule has 1 rings (SSSR count). The minimum Gasteiger partial charge on any atom is -0.256 e.